The van der Waals surface area contributed by atoms with Crippen LogP contribution >= 0.6 is 0 Å². The lowest BCUT2D eigenvalue weighted by Crippen LogP contribution is -2.42. The fourth-order valence-corrected chi connectivity index (χ4v) is 1.96. The zero-order valence-electron chi connectivity index (χ0n) is 8.25. The highest BCUT2D eigenvalue weighted by molar-refractivity contribution is 8.05. The number of nitrogens with one attached hydrogen (secondary N) is 2. The molecule has 0 radical (unpaired) electrons. The number of carbonyl (C=O) groups is 1. The lowest BCUT2D eigenvalue weighted by atomic mass is 10.4. The third kappa shape index (κ3) is 3.63. The first-order valence-electron chi connectivity index (χ1n) is 4.84. The Balaban J connectivity index is 2.32. The molecule has 14 heavy (non-hydrogen) atoms. The molecule has 1 rings (SSSR count). The Hall–Kier alpha value is -0.620. The van der Waals surface area contributed by atoms with E-state index in [0.717, 1.165) is 19.3 Å². The van der Waals surface area contributed by atoms with E-state index in [2.05, 4.69) is 10.9 Å². The Morgan fingerprint density at radius 2 is 2.07 bits per heavy atom. The van der Waals surface area contributed by atoms with Crippen molar-refractivity contribution in [3.8, 4) is 0 Å². The van der Waals surface area contributed by atoms with Crippen LogP contribution in [-0.4, -0.2) is 25.5 Å². The van der Waals surface area contributed by atoms with Crippen LogP contribution in [0.15, 0.2) is 0 Å². The van der Waals surface area contributed by atoms with Gasteiger partial charge in [0.15, 0.2) is 0 Å². The first-order chi connectivity index (χ1) is 6.56. The minimum atomic E-state index is -3.60. The maximum Gasteiger partial charge on any atom is 0.350 e. The molecule has 1 aliphatic rings. The quantitative estimate of drug-likeness (QED) is 0.664. The van der Waals surface area contributed by atoms with Crippen LogP contribution in [0, 0.1) is 0 Å². The molecule has 1 aliphatic carbocycles. The van der Waals surface area contributed by atoms with Crippen LogP contribution in [0.4, 0.5) is 4.79 Å². The van der Waals surface area contributed by atoms with Crippen LogP contribution < -0.4 is 10.9 Å². The summed E-state index contributed by atoms with van der Waals surface area (Å²) in [4.78, 5) is 11.1. The highest BCUT2D eigenvalue weighted by Crippen LogP contribution is 2.17. The summed E-state index contributed by atoms with van der Waals surface area (Å²) in [6.45, 7) is 1.88. The van der Waals surface area contributed by atoms with E-state index in [-0.39, 0.29) is 11.8 Å². The Morgan fingerprint density at radius 3 is 2.57 bits per heavy atom. The SMILES string of the molecule is CCCCS(=O)(=O)C(=O)NNC1CC1. The average molecular weight is 220 g/mol. The lowest BCUT2D eigenvalue weighted by Gasteiger charge is -2.05. The fraction of sp³-hybridized carbons (Fsp3) is 0.875. The first-order valence-corrected chi connectivity index (χ1v) is 6.49. The normalized spacial score (nSPS) is 16.6. The Labute approximate surface area is 84.1 Å². The second kappa shape index (κ2) is 4.75. The molecule has 0 spiro atoms. The van der Waals surface area contributed by atoms with Gasteiger partial charge in [0.05, 0.1) is 5.75 Å². The minimum Gasteiger partial charge on any atom is -0.278 e. The van der Waals surface area contributed by atoms with Gasteiger partial charge in [0.1, 0.15) is 0 Å². The monoisotopic (exact) mass is 220 g/mol. The molecule has 5 nitrogen and oxygen atoms in total. The molecule has 82 valence electrons. The molecule has 1 fully saturated rings. The van der Waals surface area contributed by atoms with Gasteiger partial charge in [-0.2, -0.15) is 0 Å². The third-order valence-electron chi connectivity index (χ3n) is 2.00. The van der Waals surface area contributed by atoms with Crippen LogP contribution in [0.5, 0.6) is 0 Å². The van der Waals surface area contributed by atoms with Gasteiger partial charge in [0.25, 0.3) is 0 Å². The number of rotatable bonds is 5. The molecule has 0 heterocycles. The number of hydrazine groups is 1. The number of hydrogen-bond donors (Lipinski definition) is 2. The molecule has 0 aromatic carbocycles. The molecular formula is C8H16N2O3S. The van der Waals surface area contributed by atoms with Crippen molar-refractivity contribution in [2.24, 2.45) is 0 Å². The molecule has 0 aromatic rings. The molecule has 6 heteroatoms. The van der Waals surface area contributed by atoms with E-state index in [1.165, 1.54) is 0 Å². The van der Waals surface area contributed by atoms with Crippen LogP contribution in [0.1, 0.15) is 32.6 Å². The van der Waals surface area contributed by atoms with Gasteiger partial charge < -0.3 is 0 Å². The summed E-state index contributed by atoms with van der Waals surface area (Å²) in [6.07, 6.45) is 3.28. The average Bonchev–Trinajstić information content (AvgIpc) is 2.94. The molecular weight excluding hydrogens is 204 g/mol. The van der Waals surface area contributed by atoms with Gasteiger partial charge in [-0.3, -0.25) is 10.2 Å². The van der Waals surface area contributed by atoms with Gasteiger partial charge in [0.2, 0.25) is 9.84 Å². The largest absolute Gasteiger partial charge is 0.350 e. The smallest absolute Gasteiger partial charge is 0.278 e. The Bertz CT molecular complexity index is 296. The molecule has 0 bridgehead atoms. The number of unbranched alkanes of at least 4 members (excludes halogenated alkanes) is 1. The van der Waals surface area contributed by atoms with Crippen molar-refractivity contribution < 1.29 is 13.2 Å². The Kier molecular flexibility index (Phi) is 3.88. The number of hydrogen-bond acceptors (Lipinski definition) is 4. The highest BCUT2D eigenvalue weighted by atomic mass is 32.2. The van der Waals surface area contributed by atoms with Gasteiger partial charge in [-0.05, 0) is 19.3 Å². The summed E-state index contributed by atoms with van der Waals surface area (Å²) in [5.74, 6) is -0.0678. The summed E-state index contributed by atoms with van der Waals surface area (Å²) in [5, 5.41) is -0.905. The van der Waals surface area contributed by atoms with Crippen molar-refractivity contribution in [3.05, 3.63) is 0 Å². The summed E-state index contributed by atoms with van der Waals surface area (Å²) in [7, 11) is -3.60. The van der Waals surface area contributed by atoms with E-state index in [1.54, 1.807) is 0 Å². The van der Waals surface area contributed by atoms with Crippen LogP contribution in [0.2, 0.25) is 0 Å². The van der Waals surface area contributed by atoms with Crippen molar-refractivity contribution in [2.45, 2.75) is 38.6 Å². The molecule has 1 saturated carbocycles. The molecule has 0 aliphatic heterocycles. The van der Waals surface area contributed by atoms with Crippen molar-refractivity contribution in [1.82, 2.24) is 10.9 Å². The lowest BCUT2D eigenvalue weighted by molar-refractivity contribution is 0.254. The Morgan fingerprint density at radius 1 is 1.43 bits per heavy atom. The standard InChI is InChI=1S/C8H16N2O3S/c1-2-3-6-14(12,13)8(11)10-9-7-4-5-7/h7,9H,2-6H2,1H3,(H,10,11). The maximum atomic E-state index is 11.3. The van der Waals surface area contributed by atoms with Crippen molar-refractivity contribution in [1.29, 1.82) is 0 Å². The zero-order chi connectivity index (χ0) is 10.6. The third-order valence-corrected chi connectivity index (χ3v) is 3.50. The van der Waals surface area contributed by atoms with Gasteiger partial charge in [0, 0.05) is 6.04 Å². The van der Waals surface area contributed by atoms with Gasteiger partial charge in [-0.1, -0.05) is 13.3 Å². The molecule has 0 aromatic heterocycles. The summed E-state index contributed by atoms with van der Waals surface area (Å²) in [6, 6.07) is 0.264. The van der Waals surface area contributed by atoms with E-state index in [4.69, 9.17) is 0 Å². The summed E-state index contributed by atoms with van der Waals surface area (Å²) < 4.78 is 22.5. The summed E-state index contributed by atoms with van der Waals surface area (Å²) >= 11 is 0. The van der Waals surface area contributed by atoms with Crippen molar-refractivity contribution >= 4 is 15.1 Å². The predicted molar refractivity (Wildman–Crippen MR) is 53.4 cm³/mol. The molecule has 0 unspecified atom stereocenters. The van der Waals surface area contributed by atoms with Crippen LogP contribution in [0.3, 0.4) is 0 Å². The van der Waals surface area contributed by atoms with E-state index in [1.807, 2.05) is 6.92 Å². The van der Waals surface area contributed by atoms with Crippen LogP contribution in [-0.2, 0) is 9.84 Å². The first kappa shape index (κ1) is 11.5. The molecule has 2 N–H and O–H groups in total. The van der Waals surface area contributed by atoms with E-state index in [0.29, 0.717) is 6.42 Å². The van der Waals surface area contributed by atoms with Crippen molar-refractivity contribution in [3.63, 3.8) is 0 Å². The van der Waals surface area contributed by atoms with Crippen LogP contribution in [0.25, 0.3) is 0 Å². The number of carbonyl (C=O) groups excluding carboxylic acids is 1. The fourth-order valence-electron chi connectivity index (χ4n) is 0.893. The van der Waals surface area contributed by atoms with E-state index >= 15 is 0 Å². The van der Waals surface area contributed by atoms with E-state index in [9.17, 15) is 13.2 Å². The second-order valence-corrected chi connectivity index (χ2v) is 5.51. The van der Waals surface area contributed by atoms with Gasteiger partial charge in [-0.15, -0.1) is 0 Å². The number of amides is 1. The minimum absolute atomic E-state index is 0.0678. The van der Waals surface area contributed by atoms with Gasteiger partial charge >= 0.3 is 5.24 Å². The molecule has 1 amide bonds. The predicted octanol–water partition coefficient (Wildman–Crippen LogP) is 0.578. The van der Waals surface area contributed by atoms with Crippen molar-refractivity contribution in [2.75, 3.05) is 5.75 Å². The highest BCUT2D eigenvalue weighted by Gasteiger charge is 2.25. The van der Waals surface area contributed by atoms with Gasteiger partial charge in [-0.25, -0.2) is 13.8 Å². The second-order valence-electron chi connectivity index (χ2n) is 3.50. The molecule has 0 saturated heterocycles. The maximum absolute atomic E-state index is 11.3. The molecule has 0 atom stereocenters. The zero-order valence-corrected chi connectivity index (χ0v) is 9.06. The number of sulfone groups is 1. The topological polar surface area (TPSA) is 75.3 Å². The van der Waals surface area contributed by atoms with E-state index < -0.39 is 15.1 Å². The summed E-state index contributed by atoms with van der Waals surface area (Å²) in [5.41, 5.74) is 4.88.